The molecule has 0 amide bonds. The minimum Gasteiger partial charge on any atom is -0.378 e. The fourth-order valence-electron chi connectivity index (χ4n) is 2.62. The number of aromatic nitrogens is 1. The summed E-state index contributed by atoms with van der Waals surface area (Å²) in [5, 5.41) is 4.65. The zero-order valence-corrected chi connectivity index (χ0v) is 13.0. The Hall–Kier alpha value is -0.450. The molecule has 0 atom stereocenters. The molecule has 0 aromatic carbocycles. The third-order valence-electron chi connectivity index (χ3n) is 3.69. The van der Waals surface area contributed by atoms with Gasteiger partial charge in [-0.25, -0.2) is 4.98 Å². The molecule has 1 aromatic rings. The van der Waals surface area contributed by atoms with E-state index in [9.17, 15) is 0 Å². The van der Waals surface area contributed by atoms with Crippen LogP contribution >= 0.6 is 11.3 Å². The number of nitrogens with one attached hydrogen (secondary N) is 1. The summed E-state index contributed by atoms with van der Waals surface area (Å²) < 4.78 is 5.91. The molecule has 1 heterocycles. The van der Waals surface area contributed by atoms with Gasteiger partial charge in [0.05, 0.1) is 16.8 Å². The van der Waals surface area contributed by atoms with Crippen molar-refractivity contribution in [1.82, 2.24) is 10.3 Å². The monoisotopic (exact) mass is 282 g/mol. The second kappa shape index (κ2) is 7.98. The van der Waals surface area contributed by atoms with Gasteiger partial charge in [0.2, 0.25) is 0 Å². The summed E-state index contributed by atoms with van der Waals surface area (Å²) in [6.07, 6.45) is 8.29. The van der Waals surface area contributed by atoms with Crippen LogP contribution in [0.2, 0.25) is 0 Å². The first-order valence-electron chi connectivity index (χ1n) is 7.51. The van der Waals surface area contributed by atoms with Crippen molar-refractivity contribution in [1.29, 1.82) is 0 Å². The quantitative estimate of drug-likeness (QED) is 0.776. The summed E-state index contributed by atoms with van der Waals surface area (Å²) in [6.45, 7) is 7.04. The van der Waals surface area contributed by atoms with E-state index in [1.165, 1.54) is 42.7 Å². The van der Waals surface area contributed by atoms with E-state index in [4.69, 9.17) is 4.74 Å². The Labute approximate surface area is 120 Å². The van der Waals surface area contributed by atoms with Gasteiger partial charge in [-0.15, -0.1) is 11.3 Å². The van der Waals surface area contributed by atoms with Crippen molar-refractivity contribution in [3.8, 4) is 0 Å². The summed E-state index contributed by atoms with van der Waals surface area (Å²) in [5.74, 6) is 0. The first-order valence-corrected chi connectivity index (χ1v) is 8.32. The van der Waals surface area contributed by atoms with Crippen LogP contribution < -0.4 is 5.32 Å². The number of thiazole rings is 1. The van der Waals surface area contributed by atoms with E-state index >= 15 is 0 Å². The molecule has 19 heavy (non-hydrogen) atoms. The maximum absolute atomic E-state index is 5.91. The van der Waals surface area contributed by atoms with Crippen LogP contribution in [0.3, 0.4) is 0 Å². The Morgan fingerprint density at radius 3 is 2.74 bits per heavy atom. The fourth-order valence-corrected chi connectivity index (χ4v) is 3.53. The van der Waals surface area contributed by atoms with Gasteiger partial charge in [-0.05, 0) is 39.7 Å². The normalized spacial score (nSPS) is 16.9. The van der Waals surface area contributed by atoms with Crippen LogP contribution in [0.15, 0.2) is 0 Å². The molecule has 1 saturated carbocycles. The molecule has 4 heteroatoms. The summed E-state index contributed by atoms with van der Waals surface area (Å²) in [5.41, 5.74) is 1.17. The lowest BCUT2D eigenvalue weighted by atomic mass is 9.98. The fraction of sp³-hybridized carbons (Fsp3) is 0.800. The van der Waals surface area contributed by atoms with E-state index in [0.29, 0.717) is 6.10 Å². The zero-order chi connectivity index (χ0) is 13.5. The first kappa shape index (κ1) is 14.9. The van der Waals surface area contributed by atoms with Gasteiger partial charge in [-0.1, -0.05) is 19.3 Å². The number of ether oxygens (including phenoxy) is 1. The Balaban J connectivity index is 1.51. The lowest BCUT2D eigenvalue weighted by Crippen LogP contribution is -2.20. The molecule has 1 fully saturated rings. The summed E-state index contributed by atoms with van der Waals surface area (Å²) >= 11 is 1.80. The largest absolute Gasteiger partial charge is 0.378 e. The average molecular weight is 282 g/mol. The molecular weight excluding hydrogens is 256 g/mol. The van der Waals surface area contributed by atoms with Crippen LogP contribution in [-0.4, -0.2) is 24.2 Å². The third kappa shape index (κ3) is 5.21. The van der Waals surface area contributed by atoms with Crippen molar-refractivity contribution in [2.75, 3.05) is 13.2 Å². The van der Waals surface area contributed by atoms with Crippen LogP contribution in [0.25, 0.3) is 0 Å². The molecule has 0 spiro atoms. The highest BCUT2D eigenvalue weighted by atomic mass is 32.1. The van der Waals surface area contributed by atoms with Crippen molar-refractivity contribution in [2.24, 2.45) is 0 Å². The summed E-state index contributed by atoms with van der Waals surface area (Å²) in [6, 6.07) is 0. The molecule has 2 rings (SSSR count). The minimum absolute atomic E-state index is 0.542. The highest BCUT2D eigenvalue weighted by Crippen LogP contribution is 2.20. The summed E-state index contributed by atoms with van der Waals surface area (Å²) in [7, 11) is 0. The molecule has 3 nitrogen and oxygen atoms in total. The number of hydrogen-bond donors (Lipinski definition) is 1. The molecule has 1 aliphatic carbocycles. The molecule has 0 saturated heterocycles. The third-order valence-corrected chi connectivity index (χ3v) is 4.76. The Morgan fingerprint density at radius 1 is 1.26 bits per heavy atom. The van der Waals surface area contributed by atoms with Gasteiger partial charge < -0.3 is 10.1 Å². The van der Waals surface area contributed by atoms with Gasteiger partial charge in [-0.3, -0.25) is 0 Å². The van der Waals surface area contributed by atoms with Crippen molar-refractivity contribution in [2.45, 2.75) is 65.0 Å². The van der Waals surface area contributed by atoms with Crippen LogP contribution in [0.5, 0.6) is 0 Å². The van der Waals surface area contributed by atoms with Gasteiger partial charge in [0, 0.05) is 18.0 Å². The predicted octanol–water partition coefficient (Wildman–Crippen LogP) is 3.59. The minimum atomic E-state index is 0.542. The van der Waals surface area contributed by atoms with Gasteiger partial charge in [0.1, 0.15) is 0 Å². The molecule has 0 unspecified atom stereocenters. The van der Waals surface area contributed by atoms with Crippen LogP contribution in [0.1, 0.15) is 54.1 Å². The Kier molecular flexibility index (Phi) is 6.28. The van der Waals surface area contributed by atoms with Crippen molar-refractivity contribution >= 4 is 11.3 Å². The number of rotatable bonds is 7. The highest BCUT2D eigenvalue weighted by Gasteiger charge is 2.12. The molecule has 0 bridgehead atoms. The molecule has 1 N–H and O–H groups in total. The van der Waals surface area contributed by atoms with E-state index in [0.717, 1.165) is 31.1 Å². The van der Waals surface area contributed by atoms with Crippen molar-refractivity contribution in [3.05, 3.63) is 15.6 Å². The summed E-state index contributed by atoms with van der Waals surface area (Å²) in [4.78, 5) is 5.81. The molecule has 1 aromatic heterocycles. The van der Waals surface area contributed by atoms with E-state index < -0.39 is 0 Å². The second-order valence-corrected chi connectivity index (χ2v) is 6.69. The predicted molar refractivity (Wildman–Crippen MR) is 80.7 cm³/mol. The number of nitrogens with zero attached hydrogens (tertiary/aromatic N) is 1. The Bertz CT molecular complexity index is 372. The molecule has 1 aliphatic rings. The average Bonchev–Trinajstić information content (AvgIpc) is 2.73. The topological polar surface area (TPSA) is 34.2 Å². The van der Waals surface area contributed by atoms with Gasteiger partial charge >= 0.3 is 0 Å². The molecule has 0 radical (unpaired) electrons. The van der Waals surface area contributed by atoms with E-state index in [1.54, 1.807) is 11.3 Å². The number of aryl methyl sites for hydroxylation is 2. The van der Waals surface area contributed by atoms with Crippen LogP contribution in [-0.2, 0) is 11.3 Å². The number of hydrogen-bond acceptors (Lipinski definition) is 4. The maximum Gasteiger partial charge on any atom is 0.0900 e. The van der Waals surface area contributed by atoms with Gasteiger partial charge in [0.15, 0.2) is 0 Å². The van der Waals surface area contributed by atoms with E-state index in [-0.39, 0.29) is 0 Å². The van der Waals surface area contributed by atoms with Crippen LogP contribution in [0, 0.1) is 13.8 Å². The van der Waals surface area contributed by atoms with Gasteiger partial charge in [0.25, 0.3) is 0 Å². The lowest BCUT2D eigenvalue weighted by molar-refractivity contribution is 0.0273. The van der Waals surface area contributed by atoms with Crippen molar-refractivity contribution in [3.63, 3.8) is 0 Å². The van der Waals surface area contributed by atoms with Crippen LogP contribution in [0.4, 0.5) is 0 Å². The van der Waals surface area contributed by atoms with Gasteiger partial charge in [-0.2, -0.15) is 0 Å². The SMILES string of the molecule is Cc1nc(C)c(CNCCCOC2CCCCC2)s1. The second-order valence-electron chi connectivity index (χ2n) is 5.40. The molecule has 108 valence electrons. The van der Waals surface area contributed by atoms with E-state index in [1.807, 2.05) is 0 Å². The molecular formula is C15H26N2OS. The Morgan fingerprint density at radius 2 is 2.05 bits per heavy atom. The standard InChI is InChI=1S/C15H26N2OS/c1-12-15(19-13(2)17-12)11-16-9-6-10-18-14-7-4-3-5-8-14/h14,16H,3-11H2,1-2H3. The highest BCUT2D eigenvalue weighted by molar-refractivity contribution is 7.11. The lowest BCUT2D eigenvalue weighted by Gasteiger charge is -2.21. The maximum atomic E-state index is 5.91. The zero-order valence-electron chi connectivity index (χ0n) is 12.2. The van der Waals surface area contributed by atoms with Crippen molar-refractivity contribution < 1.29 is 4.74 Å². The molecule has 0 aliphatic heterocycles. The smallest absolute Gasteiger partial charge is 0.0900 e. The first-order chi connectivity index (χ1) is 9.25. The van der Waals surface area contributed by atoms with E-state index in [2.05, 4.69) is 24.1 Å².